The summed E-state index contributed by atoms with van der Waals surface area (Å²) in [4.78, 5) is 10.2. The molecule has 5 heteroatoms. The Bertz CT molecular complexity index is 516. The highest BCUT2D eigenvalue weighted by atomic mass is 35.5. The normalized spacial score (nSPS) is 10.4. The van der Waals surface area contributed by atoms with E-state index in [2.05, 4.69) is 9.97 Å². The van der Waals surface area contributed by atoms with Crippen molar-refractivity contribution in [2.45, 2.75) is 12.4 Å². The Labute approximate surface area is 110 Å². The predicted octanol–water partition coefficient (Wildman–Crippen LogP) is 2.99. The van der Waals surface area contributed by atoms with Gasteiger partial charge in [-0.2, -0.15) is 0 Å². The van der Waals surface area contributed by atoms with Crippen LogP contribution in [0.5, 0.6) is 0 Å². The van der Waals surface area contributed by atoms with Crippen LogP contribution in [0.4, 0.5) is 10.3 Å². The summed E-state index contributed by atoms with van der Waals surface area (Å²) in [7, 11) is 1.82. The number of aromatic nitrogens is 2. The van der Waals surface area contributed by atoms with E-state index in [4.69, 9.17) is 11.6 Å². The number of benzene rings is 1. The first-order valence-electron chi connectivity index (χ1n) is 5.52. The van der Waals surface area contributed by atoms with Gasteiger partial charge in [-0.1, -0.05) is 18.2 Å². The van der Waals surface area contributed by atoms with Crippen molar-refractivity contribution in [2.75, 3.05) is 11.9 Å². The molecule has 0 radical (unpaired) electrons. The summed E-state index contributed by atoms with van der Waals surface area (Å²) < 4.78 is 13.5. The molecule has 0 N–H and O–H groups in total. The van der Waals surface area contributed by atoms with Gasteiger partial charge in [-0.15, -0.1) is 11.6 Å². The molecular formula is C13H13ClFN3. The van der Waals surface area contributed by atoms with Crippen molar-refractivity contribution in [1.82, 2.24) is 9.97 Å². The zero-order chi connectivity index (χ0) is 13.0. The van der Waals surface area contributed by atoms with Gasteiger partial charge in [0.1, 0.15) is 5.82 Å². The highest BCUT2D eigenvalue weighted by Gasteiger charge is 2.08. The van der Waals surface area contributed by atoms with Gasteiger partial charge >= 0.3 is 0 Å². The fourth-order valence-electron chi connectivity index (χ4n) is 1.57. The lowest BCUT2D eigenvalue weighted by Gasteiger charge is -2.17. The van der Waals surface area contributed by atoms with E-state index < -0.39 is 0 Å². The molecule has 3 nitrogen and oxygen atoms in total. The lowest BCUT2D eigenvalue weighted by Crippen LogP contribution is -2.19. The van der Waals surface area contributed by atoms with Crippen LogP contribution < -0.4 is 4.90 Å². The van der Waals surface area contributed by atoms with Gasteiger partial charge in [0.2, 0.25) is 5.95 Å². The third-order valence-corrected chi connectivity index (χ3v) is 2.86. The van der Waals surface area contributed by atoms with E-state index in [1.54, 1.807) is 29.4 Å². The van der Waals surface area contributed by atoms with Crippen LogP contribution in [0, 0.1) is 5.82 Å². The molecule has 0 aliphatic heterocycles. The first kappa shape index (κ1) is 12.8. The van der Waals surface area contributed by atoms with Gasteiger partial charge in [0.25, 0.3) is 0 Å². The number of anilines is 1. The standard InChI is InChI=1S/C13H13ClFN3/c1-18(9-11-4-2-3-5-12(11)15)13-16-7-10(6-14)8-17-13/h2-5,7-8H,6,9H2,1H3. The summed E-state index contributed by atoms with van der Waals surface area (Å²) in [5, 5.41) is 0. The summed E-state index contributed by atoms with van der Waals surface area (Å²) in [6, 6.07) is 6.67. The van der Waals surface area contributed by atoms with Gasteiger partial charge in [-0.05, 0) is 6.07 Å². The third-order valence-electron chi connectivity index (χ3n) is 2.55. The van der Waals surface area contributed by atoms with Crippen LogP contribution in [-0.4, -0.2) is 17.0 Å². The van der Waals surface area contributed by atoms with E-state index in [-0.39, 0.29) is 5.82 Å². The molecule has 0 spiro atoms. The minimum absolute atomic E-state index is 0.221. The molecule has 0 aliphatic carbocycles. The molecule has 0 saturated heterocycles. The number of alkyl halides is 1. The third kappa shape index (κ3) is 2.96. The molecule has 0 saturated carbocycles. The Morgan fingerprint density at radius 3 is 2.50 bits per heavy atom. The molecule has 2 aromatic rings. The summed E-state index contributed by atoms with van der Waals surface area (Å²) in [5.74, 6) is 0.714. The van der Waals surface area contributed by atoms with Gasteiger partial charge in [0, 0.05) is 37.1 Å². The molecule has 94 valence electrons. The summed E-state index contributed by atoms with van der Waals surface area (Å²) >= 11 is 5.67. The van der Waals surface area contributed by atoms with E-state index in [0.717, 1.165) is 5.56 Å². The predicted molar refractivity (Wildman–Crippen MR) is 70.1 cm³/mol. The second kappa shape index (κ2) is 5.78. The second-order valence-corrected chi connectivity index (χ2v) is 4.24. The highest BCUT2D eigenvalue weighted by molar-refractivity contribution is 6.17. The topological polar surface area (TPSA) is 29.0 Å². The van der Waals surface area contributed by atoms with Crippen molar-refractivity contribution in [2.24, 2.45) is 0 Å². The Morgan fingerprint density at radius 2 is 1.89 bits per heavy atom. The second-order valence-electron chi connectivity index (χ2n) is 3.97. The van der Waals surface area contributed by atoms with Crippen LogP contribution in [0.3, 0.4) is 0 Å². The first-order valence-corrected chi connectivity index (χ1v) is 6.05. The van der Waals surface area contributed by atoms with E-state index in [0.29, 0.717) is 23.9 Å². The molecule has 0 fully saturated rings. The van der Waals surface area contributed by atoms with Crippen molar-refractivity contribution in [1.29, 1.82) is 0 Å². The fourth-order valence-corrected chi connectivity index (χ4v) is 1.70. The van der Waals surface area contributed by atoms with Crippen LogP contribution in [0.15, 0.2) is 36.7 Å². The average Bonchev–Trinajstić information content (AvgIpc) is 2.41. The van der Waals surface area contributed by atoms with Gasteiger partial charge in [0.05, 0.1) is 5.88 Å². The summed E-state index contributed by atoms with van der Waals surface area (Å²) in [5.41, 5.74) is 1.48. The maximum Gasteiger partial charge on any atom is 0.225 e. The Hall–Kier alpha value is -1.68. The minimum atomic E-state index is -0.221. The lowest BCUT2D eigenvalue weighted by atomic mass is 10.2. The van der Waals surface area contributed by atoms with Crippen LogP contribution in [0.1, 0.15) is 11.1 Å². The number of rotatable bonds is 4. The molecular weight excluding hydrogens is 253 g/mol. The minimum Gasteiger partial charge on any atom is -0.339 e. The molecule has 0 atom stereocenters. The highest BCUT2D eigenvalue weighted by Crippen LogP contribution is 2.13. The molecule has 0 unspecified atom stereocenters. The molecule has 0 amide bonds. The molecule has 1 heterocycles. The van der Waals surface area contributed by atoms with E-state index in [1.165, 1.54) is 6.07 Å². The van der Waals surface area contributed by atoms with Crippen molar-refractivity contribution >= 4 is 17.5 Å². The monoisotopic (exact) mass is 265 g/mol. The van der Waals surface area contributed by atoms with Crippen molar-refractivity contribution in [3.8, 4) is 0 Å². The van der Waals surface area contributed by atoms with E-state index in [9.17, 15) is 4.39 Å². The largest absolute Gasteiger partial charge is 0.339 e. The number of halogens is 2. The van der Waals surface area contributed by atoms with Crippen molar-refractivity contribution in [3.05, 3.63) is 53.6 Å². The van der Waals surface area contributed by atoms with Crippen LogP contribution in [-0.2, 0) is 12.4 Å². The molecule has 1 aromatic heterocycles. The smallest absolute Gasteiger partial charge is 0.225 e. The van der Waals surface area contributed by atoms with Gasteiger partial charge < -0.3 is 4.90 Å². The summed E-state index contributed by atoms with van der Waals surface area (Å²) in [6.07, 6.45) is 3.35. The zero-order valence-electron chi connectivity index (χ0n) is 9.98. The maximum atomic E-state index is 13.5. The quantitative estimate of drug-likeness (QED) is 0.796. The van der Waals surface area contributed by atoms with E-state index >= 15 is 0 Å². The Morgan fingerprint density at radius 1 is 1.22 bits per heavy atom. The SMILES string of the molecule is CN(Cc1ccccc1F)c1ncc(CCl)cn1. The Kier molecular flexibility index (Phi) is 4.10. The number of hydrogen-bond acceptors (Lipinski definition) is 3. The van der Waals surface area contributed by atoms with Gasteiger partial charge in [-0.3, -0.25) is 0 Å². The maximum absolute atomic E-state index is 13.5. The lowest BCUT2D eigenvalue weighted by molar-refractivity contribution is 0.607. The zero-order valence-corrected chi connectivity index (χ0v) is 10.7. The van der Waals surface area contributed by atoms with Crippen LogP contribution >= 0.6 is 11.6 Å². The van der Waals surface area contributed by atoms with Crippen LogP contribution in [0.2, 0.25) is 0 Å². The molecule has 0 bridgehead atoms. The first-order chi connectivity index (χ1) is 8.70. The van der Waals surface area contributed by atoms with Gasteiger partial charge in [0.15, 0.2) is 0 Å². The van der Waals surface area contributed by atoms with Crippen molar-refractivity contribution < 1.29 is 4.39 Å². The fraction of sp³-hybridized carbons (Fsp3) is 0.231. The van der Waals surface area contributed by atoms with Crippen LogP contribution in [0.25, 0.3) is 0 Å². The van der Waals surface area contributed by atoms with E-state index in [1.807, 2.05) is 13.1 Å². The molecule has 1 aromatic carbocycles. The number of nitrogens with zero attached hydrogens (tertiary/aromatic N) is 3. The Balaban J connectivity index is 2.11. The van der Waals surface area contributed by atoms with Crippen molar-refractivity contribution in [3.63, 3.8) is 0 Å². The summed E-state index contributed by atoms with van der Waals surface area (Å²) in [6.45, 7) is 0.424. The van der Waals surface area contributed by atoms with Gasteiger partial charge in [-0.25, -0.2) is 14.4 Å². The number of hydrogen-bond donors (Lipinski definition) is 0. The molecule has 0 aliphatic rings. The average molecular weight is 266 g/mol. The molecule has 2 rings (SSSR count). The molecule has 18 heavy (non-hydrogen) atoms.